The molecule has 0 fully saturated rings. The van der Waals surface area contributed by atoms with Crippen molar-refractivity contribution in [2.24, 2.45) is 0 Å². The molecule has 0 spiro atoms. The molecule has 0 heterocycles. The lowest BCUT2D eigenvalue weighted by Crippen LogP contribution is -2.42. The smallest absolute Gasteiger partial charge is 0.408 e. The zero-order chi connectivity index (χ0) is 21.0. The van der Waals surface area contributed by atoms with Gasteiger partial charge >= 0.3 is 18.0 Å². The number of carbonyl (C=O) groups excluding carboxylic acids is 3. The molecule has 8 nitrogen and oxygen atoms in total. The molecule has 0 radical (unpaired) electrons. The van der Waals surface area contributed by atoms with Gasteiger partial charge in [-0.2, -0.15) is 0 Å². The highest BCUT2D eigenvalue weighted by atomic mass is 32.4. The van der Waals surface area contributed by atoms with Gasteiger partial charge in [-0.1, -0.05) is 42.1 Å². The van der Waals surface area contributed by atoms with Crippen LogP contribution in [0.15, 0.2) is 30.3 Å². The predicted octanol–water partition coefficient (Wildman–Crippen LogP) is 2.18. The number of carbonyl (C=O) groups is 3. The second-order valence-electron chi connectivity index (χ2n) is 5.92. The highest BCUT2D eigenvalue weighted by molar-refractivity contribution is 8.11. The number of hydrogen-bond donors (Lipinski definition) is 2. The van der Waals surface area contributed by atoms with Crippen LogP contribution >= 0.6 is 6.26 Å². The summed E-state index contributed by atoms with van der Waals surface area (Å²) in [6, 6.07) is 8.08. The van der Waals surface area contributed by atoms with E-state index in [0.29, 0.717) is 0 Å². The summed E-state index contributed by atoms with van der Waals surface area (Å²) in [5.41, 5.74) is 0.803. The Balaban J connectivity index is 2.53. The number of ether oxygens (including phenoxy) is 3. The summed E-state index contributed by atoms with van der Waals surface area (Å²) in [7, 11) is 1.20. The summed E-state index contributed by atoms with van der Waals surface area (Å²) in [6.45, 7) is 2.00. The van der Waals surface area contributed by atoms with Crippen LogP contribution in [0, 0.1) is 0 Å². The van der Waals surface area contributed by atoms with Crippen LogP contribution < -0.4 is 5.32 Å². The summed E-state index contributed by atoms with van der Waals surface area (Å²) in [6.07, 6.45) is -3.34. The molecule has 2 N–H and O–H groups in total. The van der Waals surface area contributed by atoms with Crippen LogP contribution in [-0.4, -0.2) is 55.0 Å². The van der Waals surface area contributed by atoms with Gasteiger partial charge in [0.1, 0.15) is 12.6 Å². The van der Waals surface area contributed by atoms with Crippen molar-refractivity contribution in [2.45, 2.75) is 32.4 Å². The lowest BCUT2D eigenvalue weighted by atomic mass is 10.2. The van der Waals surface area contributed by atoms with E-state index in [1.807, 2.05) is 18.2 Å². The fraction of sp³-hybridized carbons (Fsp3) is 0.500. The summed E-state index contributed by atoms with van der Waals surface area (Å²) in [5.74, 6) is -1.10. The molecule has 0 saturated heterocycles. The zero-order valence-electron chi connectivity index (χ0n) is 16.0. The number of rotatable bonds is 11. The Hall–Kier alpha value is -1.96. The van der Waals surface area contributed by atoms with Crippen LogP contribution in [0.1, 0.15) is 25.3 Å². The fourth-order valence-corrected chi connectivity index (χ4v) is 4.25. The molecule has 156 valence electrons. The van der Waals surface area contributed by atoms with Crippen LogP contribution in [0.2, 0.25) is 0 Å². The highest BCUT2D eigenvalue weighted by Crippen LogP contribution is 2.42. The van der Waals surface area contributed by atoms with Gasteiger partial charge in [-0.3, -0.25) is 4.79 Å². The molecular weight excluding hydrogens is 405 g/mol. The Morgan fingerprint density at radius 1 is 1.18 bits per heavy atom. The van der Waals surface area contributed by atoms with Gasteiger partial charge in [-0.25, -0.2) is 9.59 Å². The van der Waals surface area contributed by atoms with E-state index in [1.54, 1.807) is 19.1 Å². The number of alkyl carbamates (subject to hydrolysis) is 1. The van der Waals surface area contributed by atoms with Gasteiger partial charge in [0.2, 0.25) is 0 Å². The Bertz CT molecular complexity index is 698. The third-order valence-electron chi connectivity index (χ3n) is 3.73. The van der Waals surface area contributed by atoms with Crippen molar-refractivity contribution in [2.75, 3.05) is 26.0 Å². The van der Waals surface area contributed by atoms with Gasteiger partial charge < -0.3 is 24.4 Å². The highest BCUT2D eigenvalue weighted by Gasteiger charge is 2.25. The second-order valence-corrected chi connectivity index (χ2v) is 10.5. The zero-order valence-corrected chi connectivity index (χ0v) is 17.7. The number of hydrogen-bond acceptors (Lipinski definition) is 7. The molecule has 0 aliphatic heterocycles. The molecule has 1 aromatic carbocycles. The van der Waals surface area contributed by atoms with E-state index in [9.17, 15) is 19.3 Å². The third-order valence-corrected chi connectivity index (χ3v) is 6.70. The van der Waals surface area contributed by atoms with E-state index in [0.717, 1.165) is 5.56 Å². The first kappa shape index (κ1) is 24.1. The van der Waals surface area contributed by atoms with Crippen LogP contribution in [0.4, 0.5) is 4.79 Å². The average Bonchev–Trinajstić information content (AvgIpc) is 2.68. The van der Waals surface area contributed by atoms with Crippen LogP contribution in [0.3, 0.4) is 0 Å². The van der Waals surface area contributed by atoms with Crippen molar-refractivity contribution >= 4 is 36.1 Å². The van der Waals surface area contributed by atoms with Gasteiger partial charge in [-0.05, 0) is 18.9 Å². The van der Waals surface area contributed by atoms with E-state index in [-0.39, 0.29) is 38.4 Å². The maximum Gasteiger partial charge on any atom is 0.408 e. The quantitative estimate of drug-likeness (QED) is 0.312. The summed E-state index contributed by atoms with van der Waals surface area (Å²) < 4.78 is 14.6. The van der Waals surface area contributed by atoms with Crippen molar-refractivity contribution in [3.8, 4) is 0 Å². The molecule has 1 rings (SSSR count). The molecular formula is C18H26NO7PS. The maximum absolute atomic E-state index is 12.0. The fourth-order valence-electron chi connectivity index (χ4n) is 2.24. The third kappa shape index (κ3) is 9.82. The van der Waals surface area contributed by atoms with Crippen LogP contribution in [-0.2, 0) is 42.2 Å². The van der Waals surface area contributed by atoms with E-state index in [1.165, 1.54) is 7.11 Å². The largest absolute Gasteiger partial charge is 0.467 e. The molecule has 0 saturated carbocycles. The molecule has 0 bridgehead atoms. The monoisotopic (exact) mass is 431 g/mol. The standard InChI is InChI=1S/C18H26NO7PS/c1-3-25-16(20)10-12-27(23,28)11-9-15(17(21)24-2)19-18(22)26-13-14-7-5-4-6-8-14/h4-8,15H,3,9-13H2,1-2H3,(H,19,22)(H,23,28)/t15-,27?/m0/s1. The van der Waals surface area contributed by atoms with Crippen molar-refractivity contribution in [1.29, 1.82) is 0 Å². The number of benzene rings is 1. The number of esters is 2. The Labute approximate surface area is 169 Å². The first-order valence-corrected chi connectivity index (χ1v) is 11.9. The molecule has 1 aromatic rings. The first-order valence-electron chi connectivity index (χ1n) is 8.79. The SMILES string of the molecule is CCOC(=O)CCP(O)(=S)CC[C@H](NC(=O)OCc1ccccc1)C(=O)OC. The van der Waals surface area contributed by atoms with Gasteiger partial charge in [-0.15, -0.1) is 0 Å². The molecule has 0 aromatic heterocycles. The van der Waals surface area contributed by atoms with E-state index >= 15 is 0 Å². The van der Waals surface area contributed by atoms with Gasteiger partial charge in [0.15, 0.2) is 0 Å². The summed E-state index contributed by atoms with van der Waals surface area (Å²) >= 11 is 5.18. The van der Waals surface area contributed by atoms with Gasteiger partial charge in [0, 0.05) is 12.3 Å². The van der Waals surface area contributed by atoms with Gasteiger partial charge in [0.05, 0.1) is 26.4 Å². The lowest BCUT2D eigenvalue weighted by Gasteiger charge is -2.20. The number of amides is 1. The van der Waals surface area contributed by atoms with E-state index < -0.39 is 30.3 Å². The molecule has 0 aliphatic carbocycles. The Morgan fingerprint density at radius 2 is 1.86 bits per heavy atom. The van der Waals surface area contributed by atoms with Crippen molar-refractivity contribution < 1.29 is 33.5 Å². The van der Waals surface area contributed by atoms with E-state index in [2.05, 4.69) is 10.1 Å². The number of methoxy groups -OCH3 is 1. The summed E-state index contributed by atoms with van der Waals surface area (Å²) in [5, 5.41) is 2.43. The minimum atomic E-state index is -2.85. The van der Waals surface area contributed by atoms with E-state index in [4.69, 9.17) is 21.3 Å². The van der Waals surface area contributed by atoms with Crippen molar-refractivity contribution in [1.82, 2.24) is 5.32 Å². The van der Waals surface area contributed by atoms with Crippen LogP contribution in [0.25, 0.3) is 0 Å². The molecule has 28 heavy (non-hydrogen) atoms. The second kappa shape index (κ2) is 12.5. The van der Waals surface area contributed by atoms with Gasteiger partial charge in [0.25, 0.3) is 0 Å². The minimum Gasteiger partial charge on any atom is -0.467 e. The predicted molar refractivity (Wildman–Crippen MR) is 108 cm³/mol. The van der Waals surface area contributed by atoms with Crippen LogP contribution in [0.5, 0.6) is 0 Å². The molecule has 10 heteroatoms. The molecule has 1 unspecified atom stereocenters. The van der Waals surface area contributed by atoms with Crippen molar-refractivity contribution in [3.05, 3.63) is 35.9 Å². The average molecular weight is 431 g/mol. The topological polar surface area (TPSA) is 111 Å². The lowest BCUT2D eigenvalue weighted by molar-refractivity contribution is -0.143. The van der Waals surface area contributed by atoms with Crippen molar-refractivity contribution in [3.63, 3.8) is 0 Å². The Morgan fingerprint density at radius 3 is 2.46 bits per heavy atom. The molecule has 2 atom stereocenters. The first-order chi connectivity index (χ1) is 13.3. The normalized spacial score (nSPS) is 13.7. The summed E-state index contributed by atoms with van der Waals surface area (Å²) in [4.78, 5) is 45.6. The minimum absolute atomic E-state index is 0.0110. The molecule has 0 aliphatic rings. The molecule has 1 amide bonds. The Kier molecular flexibility index (Phi) is 10.7. The maximum atomic E-state index is 12.0. The number of nitrogens with one attached hydrogen (secondary N) is 1.